The Morgan fingerprint density at radius 3 is 2.52 bits per heavy atom. The van der Waals surface area contributed by atoms with Crippen LogP contribution < -0.4 is 10.2 Å². The van der Waals surface area contributed by atoms with Gasteiger partial charge in [0.25, 0.3) is 5.91 Å². The first-order chi connectivity index (χ1) is 12.0. The molecular formula is C20H21BrN2O2. The Morgan fingerprint density at radius 1 is 1.12 bits per heavy atom. The molecule has 0 aromatic heterocycles. The van der Waals surface area contributed by atoms with E-state index in [9.17, 15) is 9.59 Å². The van der Waals surface area contributed by atoms with Crippen molar-refractivity contribution in [3.05, 3.63) is 58.1 Å². The van der Waals surface area contributed by atoms with Crippen molar-refractivity contribution in [3.8, 4) is 0 Å². The van der Waals surface area contributed by atoms with Gasteiger partial charge in [0.2, 0.25) is 5.91 Å². The minimum atomic E-state index is -0.140. The van der Waals surface area contributed by atoms with Crippen LogP contribution >= 0.6 is 15.9 Å². The molecule has 1 aliphatic heterocycles. The van der Waals surface area contributed by atoms with Crippen LogP contribution in [0.3, 0.4) is 0 Å². The fourth-order valence-corrected chi connectivity index (χ4v) is 3.28. The second-order valence-corrected chi connectivity index (χ2v) is 7.47. The first-order valence-corrected chi connectivity index (χ1v) is 9.26. The highest BCUT2D eigenvalue weighted by Crippen LogP contribution is 2.31. The maximum absolute atomic E-state index is 12.4. The molecule has 2 aromatic rings. The zero-order valence-electron chi connectivity index (χ0n) is 14.4. The summed E-state index contributed by atoms with van der Waals surface area (Å²) in [6.45, 7) is 4.60. The van der Waals surface area contributed by atoms with Gasteiger partial charge < -0.3 is 10.2 Å². The molecule has 4 nitrogen and oxygen atoms in total. The summed E-state index contributed by atoms with van der Waals surface area (Å²) in [5, 5.41) is 2.94. The molecule has 0 unspecified atom stereocenters. The zero-order chi connectivity index (χ0) is 18.0. The Balaban J connectivity index is 1.80. The summed E-state index contributed by atoms with van der Waals surface area (Å²) >= 11 is 3.37. The number of hydrogen-bond acceptors (Lipinski definition) is 2. The summed E-state index contributed by atoms with van der Waals surface area (Å²) in [4.78, 5) is 26.6. The maximum atomic E-state index is 12.4. The molecule has 0 radical (unpaired) electrons. The third-order valence-corrected chi connectivity index (χ3v) is 4.85. The number of rotatable bonds is 3. The van der Waals surface area contributed by atoms with Crippen molar-refractivity contribution >= 4 is 39.1 Å². The largest absolute Gasteiger partial charge is 0.322 e. The predicted molar refractivity (Wildman–Crippen MR) is 104 cm³/mol. The molecule has 0 saturated carbocycles. The first kappa shape index (κ1) is 17.7. The van der Waals surface area contributed by atoms with Gasteiger partial charge in [0.05, 0.1) is 0 Å². The van der Waals surface area contributed by atoms with Gasteiger partial charge in [0, 0.05) is 33.9 Å². The van der Waals surface area contributed by atoms with Crippen LogP contribution in [-0.4, -0.2) is 18.4 Å². The van der Waals surface area contributed by atoms with Gasteiger partial charge in [0.1, 0.15) is 0 Å². The average Bonchev–Trinajstić information content (AvgIpc) is 2.60. The molecule has 130 valence electrons. The van der Waals surface area contributed by atoms with E-state index in [1.54, 1.807) is 12.1 Å². The number of carbonyl (C=O) groups is 2. The lowest BCUT2D eigenvalue weighted by atomic mass is 9.99. The molecule has 2 amide bonds. The molecule has 0 spiro atoms. The topological polar surface area (TPSA) is 49.4 Å². The van der Waals surface area contributed by atoms with Gasteiger partial charge in [-0.1, -0.05) is 29.8 Å². The molecule has 0 aliphatic carbocycles. The lowest BCUT2D eigenvalue weighted by molar-refractivity contribution is -0.121. The standard InChI is InChI=1S/C20H21BrN2O2/c1-13(2)20(25)23-11-3-4-15-12-17(9-10-18(15)23)22-19(24)14-5-7-16(21)8-6-14/h5-10,12-13H,3-4,11H2,1-2H3,(H,22,24). The third-order valence-electron chi connectivity index (χ3n) is 4.32. The fraction of sp³-hybridized carbons (Fsp3) is 0.300. The zero-order valence-corrected chi connectivity index (χ0v) is 16.0. The van der Waals surface area contributed by atoms with Crippen LogP contribution in [0, 0.1) is 5.92 Å². The van der Waals surface area contributed by atoms with Gasteiger partial charge in [-0.2, -0.15) is 0 Å². The monoisotopic (exact) mass is 400 g/mol. The molecule has 2 aromatic carbocycles. The minimum Gasteiger partial charge on any atom is -0.322 e. The molecule has 5 heteroatoms. The van der Waals surface area contributed by atoms with Crippen LogP contribution in [0.15, 0.2) is 46.9 Å². The van der Waals surface area contributed by atoms with E-state index in [0.717, 1.165) is 40.8 Å². The van der Waals surface area contributed by atoms with Crippen LogP contribution in [0.25, 0.3) is 0 Å². The quantitative estimate of drug-likeness (QED) is 0.815. The van der Waals surface area contributed by atoms with E-state index in [4.69, 9.17) is 0 Å². The van der Waals surface area contributed by atoms with E-state index in [1.807, 2.05) is 49.1 Å². The van der Waals surface area contributed by atoms with E-state index in [-0.39, 0.29) is 17.7 Å². The van der Waals surface area contributed by atoms with Crippen LogP contribution in [0.1, 0.15) is 36.2 Å². The summed E-state index contributed by atoms with van der Waals surface area (Å²) in [5.74, 6) is -0.0197. The van der Waals surface area contributed by atoms with Crippen molar-refractivity contribution in [1.82, 2.24) is 0 Å². The SMILES string of the molecule is CC(C)C(=O)N1CCCc2cc(NC(=O)c3ccc(Br)cc3)ccc21. The summed E-state index contributed by atoms with van der Waals surface area (Å²) in [6.07, 6.45) is 1.86. The molecular weight excluding hydrogens is 380 g/mol. The van der Waals surface area contributed by atoms with Gasteiger partial charge in [-0.3, -0.25) is 9.59 Å². The number of carbonyl (C=O) groups excluding carboxylic acids is 2. The number of anilines is 2. The number of aryl methyl sites for hydroxylation is 1. The smallest absolute Gasteiger partial charge is 0.255 e. The van der Waals surface area contributed by atoms with Crippen molar-refractivity contribution in [2.45, 2.75) is 26.7 Å². The van der Waals surface area contributed by atoms with Gasteiger partial charge in [0.15, 0.2) is 0 Å². The number of benzene rings is 2. The van der Waals surface area contributed by atoms with E-state index >= 15 is 0 Å². The van der Waals surface area contributed by atoms with Crippen LogP contribution in [0.4, 0.5) is 11.4 Å². The summed E-state index contributed by atoms with van der Waals surface area (Å²) in [7, 11) is 0. The second kappa shape index (κ2) is 7.40. The van der Waals surface area contributed by atoms with E-state index in [0.29, 0.717) is 5.56 Å². The third kappa shape index (κ3) is 3.93. The van der Waals surface area contributed by atoms with Gasteiger partial charge in [-0.15, -0.1) is 0 Å². The van der Waals surface area contributed by atoms with Crippen molar-refractivity contribution in [2.75, 3.05) is 16.8 Å². The molecule has 0 fully saturated rings. The lowest BCUT2D eigenvalue weighted by Gasteiger charge is -2.31. The minimum absolute atomic E-state index is 0.0252. The number of halogens is 1. The molecule has 0 atom stereocenters. The average molecular weight is 401 g/mol. The highest BCUT2D eigenvalue weighted by molar-refractivity contribution is 9.10. The number of amides is 2. The first-order valence-electron chi connectivity index (χ1n) is 8.47. The van der Waals surface area contributed by atoms with Crippen LogP contribution in [0.5, 0.6) is 0 Å². The van der Waals surface area contributed by atoms with Crippen molar-refractivity contribution in [3.63, 3.8) is 0 Å². The summed E-state index contributed by atoms with van der Waals surface area (Å²) in [5.41, 5.74) is 3.43. The fourth-order valence-electron chi connectivity index (χ4n) is 3.02. The molecule has 0 bridgehead atoms. The van der Waals surface area contributed by atoms with E-state index in [2.05, 4.69) is 21.2 Å². The lowest BCUT2D eigenvalue weighted by Crippen LogP contribution is -2.38. The van der Waals surface area contributed by atoms with Crippen LogP contribution in [-0.2, 0) is 11.2 Å². The molecule has 3 rings (SSSR count). The Morgan fingerprint density at radius 2 is 1.84 bits per heavy atom. The number of nitrogens with zero attached hydrogens (tertiary/aromatic N) is 1. The Kier molecular flexibility index (Phi) is 5.23. The molecule has 1 heterocycles. The van der Waals surface area contributed by atoms with Gasteiger partial charge >= 0.3 is 0 Å². The van der Waals surface area contributed by atoms with E-state index in [1.165, 1.54) is 0 Å². The van der Waals surface area contributed by atoms with Crippen molar-refractivity contribution in [1.29, 1.82) is 0 Å². The van der Waals surface area contributed by atoms with Crippen molar-refractivity contribution < 1.29 is 9.59 Å². The normalized spacial score (nSPS) is 13.5. The summed E-state index contributed by atoms with van der Waals surface area (Å²) in [6, 6.07) is 13.0. The van der Waals surface area contributed by atoms with Gasteiger partial charge in [-0.25, -0.2) is 0 Å². The Hall–Kier alpha value is -2.14. The second-order valence-electron chi connectivity index (χ2n) is 6.55. The number of hydrogen-bond donors (Lipinski definition) is 1. The molecule has 1 aliphatic rings. The molecule has 1 N–H and O–H groups in total. The van der Waals surface area contributed by atoms with Crippen LogP contribution in [0.2, 0.25) is 0 Å². The number of fused-ring (bicyclic) bond motifs is 1. The maximum Gasteiger partial charge on any atom is 0.255 e. The van der Waals surface area contributed by atoms with Crippen molar-refractivity contribution in [2.24, 2.45) is 5.92 Å². The highest BCUT2D eigenvalue weighted by atomic mass is 79.9. The van der Waals surface area contributed by atoms with E-state index < -0.39 is 0 Å². The summed E-state index contributed by atoms with van der Waals surface area (Å²) < 4.78 is 0.938. The highest BCUT2D eigenvalue weighted by Gasteiger charge is 2.24. The number of nitrogens with one attached hydrogen (secondary N) is 1. The van der Waals surface area contributed by atoms with Gasteiger partial charge in [-0.05, 0) is 60.9 Å². The molecule has 25 heavy (non-hydrogen) atoms. The Bertz CT molecular complexity index is 800. The Labute approximate surface area is 156 Å². The predicted octanol–water partition coefficient (Wildman–Crippen LogP) is 4.64. The molecule has 0 saturated heterocycles.